The molecule has 0 saturated carbocycles. The maximum atomic E-state index is 13.6. The number of nitrogens with zero attached hydrogens (tertiary/aromatic N) is 5. The minimum atomic E-state index is -4.06. The van der Waals surface area contributed by atoms with Crippen molar-refractivity contribution in [2.24, 2.45) is 0 Å². The highest BCUT2D eigenvalue weighted by Gasteiger charge is 2.22. The van der Waals surface area contributed by atoms with Crippen LogP contribution in [0.2, 0.25) is 0 Å². The highest BCUT2D eigenvalue weighted by molar-refractivity contribution is 7.89. The minimum Gasteiger partial charge on any atom is -0.495 e. The van der Waals surface area contributed by atoms with Crippen LogP contribution in [0, 0.1) is 5.82 Å². The first-order valence-electron chi connectivity index (χ1n) is 8.88. The Morgan fingerprint density at radius 3 is 2.62 bits per heavy atom. The van der Waals surface area contributed by atoms with Crippen LogP contribution in [0.3, 0.4) is 0 Å². The van der Waals surface area contributed by atoms with E-state index in [2.05, 4.69) is 19.7 Å². The van der Waals surface area contributed by atoms with Crippen molar-refractivity contribution in [3.8, 4) is 5.75 Å². The Kier molecular flexibility index (Phi) is 6.45. The normalized spacial score (nSPS) is 14.7. The molecule has 2 heterocycles. The van der Waals surface area contributed by atoms with E-state index in [4.69, 9.17) is 9.47 Å². The van der Waals surface area contributed by atoms with E-state index in [0.717, 1.165) is 12.1 Å². The Balaban J connectivity index is 1.85. The average Bonchev–Trinajstić information content (AvgIpc) is 2.72. The number of ether oxygens (including phenoxy) is 2. The van der Waals surface area contributed by atoms with Crippen LogP contribution in [0.5, 0.6) is 5.75 Å². The third-order valence-corrected chi connectivity index (χ3v) is 5.61. The summed E-state index contributed by atoms with van der Waals surface area (Å²) in [6.07, 6.45) is 0. The van der Waals surface area contributed by atoms with Crippen LogP contribution in [-0.2, 0) is 21.3 Å². The highest BCUT2D eigenvalue weighted by Crippen LogP contribution is 2.24. The second-order valence-electron chi connectivity index (χ2n) is 6.47. The lowest BCUT2D eigenvalue weighted by atomic mass is 10.3. The van der Waals surface area contributed by atoms with E-state index in [0.29, 0.717) is 38.2 Å². The molecular weight excluding hydrogens is 403 g/mol. The second kappa shape index (κ2) is 8.84. The van der Waals surface area contributed by atoms with Crippen molar-refractivity contribution in [1.29, 1.82) is 0 Å². The molecule has 0 aliphatic carbocycles. The molecule has 12 heteroatoms. The summed E-state index contributed by atoms with van der Waals surface area (Å²) < 4.78 is 51.7. The number of benzene rings is 1. The molecule has 0 spiro atoms. The zero-order valence-electron chi connectivity index (χ0n) is 16.4. The van der Waals surface area contributed by atoms with Crippen LogP contribution >= 0.6 is 0 Å². The van der Waals surface area contributed by atoms with Crippen LogP contribution in [0.15, 0.2) is 23.1 Å². The van der Waals surface area contributed by atoms with Crippen molar-refractivity contribution >= 4 is 21.9 Å². The Morgan fingerprint density at radius 1 is 1.24 bits per heavy atom. The Bertz CT molecular complexity index is 966. The number of hydrogen-bond acceptors (Lipinski definition) is 9. The van der Waals surface area contributed by atoms with Crippen LogP contribution in [-0.4, -0.2) is 70.9 Å². The summed E-state index contributed by atoms with van der Waals surface area (Å²) in [7, 11) is 0.822. The largest absolute Gasteiger partial charge is 0.495 e. The van der Waals surface area contributed by atoms with Crippen molar-refractivity contribution in [3.05, 3.63) is 29.8 Å². The van der Waals surface area contributed by atoms with Gasteiger partial charge < -0.3 is 19.3 Å². The predicted molar refractivity (Wildman–Crippen MR) is 104 cm³/mol. The first-order valence-corrected chi connectivity index (χ1v) is 10.4. The summed E-state index contributed by atoms with van der Waals surface area (Å²) in [4.78, 5) is 16.5. The maximum absolute atomic E-state index is 13.6. The predicted octanol–water partition coefficient (Wildman–Crippen LogP) is 0.400. The molecule has 1 fully saturated rings. The van der Waals surface area contributed by atoms with Crippen LogP contribution in [0.1, 0.15) is 5.82 Å². The Labute approximate surface area is 168 Å². The molecule has 1 aliphatic heterocycles. The topological polar surface area (TPSA) is 110 Å². The fourth-order valence-corrected chi connectivity index (χ4v) is 3.84. The first-order chi connectivity index (χ1) is 13.8. The van der Waals surface area contributed by atoms with Gasteiger partial charge in [0.2, 0.25) is 21.9 Å². The Hall–Kier alpha value is -2.57. The lowest BCUT2D eigenvalue weighted by Crippen LogP contribution is -2.38. The zero-order valence-corrected chi connectivity index (χ0v) is 17.2. The van der Waals surface area contributed by atoms with Crippen molar-refractivity contribution < 1.29 is 22.3 Å². The molecule has 0 atom stereocenters. The molecule has 1 aliphatic rings. The fraction of sp³-hybridized carbons (Fsp3) is 0.471. The molecule has 0 radical (unpaired) electrons. The van der Waals surface area contributed by atoms with Crippen molar-refractivity contribution in [1.82, 2.24) is 19.7 Å². The van der Waals surface area contributed by atoms with Crippen molar-refractivity contribution in [3.63, 3.8) is 0 Å². The van der Waals surface area contributed by atoms with Crippen LogP contribution < -0.4 is 19.3 Å². The van der Waals surface area contributed by atoms with Gasteiger partial charge in [-0.1, -0.05) is 0 Å². The molecular formula is C17H23FN6O4S. The van der Waals surface area contributed by atoms with Crippen LogP contribution in [0.4, 0.5) is 16.3 Å². The average molecular weight is 426 g/mol. The van der Waals surface area contributed by atoms with Crippen molar-refractivity contribution in [2.75, 3.05) is 57.3 Å². The molecule has 0 amide bonds. The van der Waals surface area contributed by atoms with Gasteiger partial charge in [-0.05, 0) is 18.2 Å². The molecule has 10 nitrogen and oxygen atoms in total. The summed E-state index contributed by atoms with van der Waals surface area (Å²) in [5.74, 6) is 0.445. The third kappa shape index (κ3) is 5.08. The number of nitrogens with one attached hydrogen (secondary N) is 1. The number of aromatic nitrogens is 3. The van der Waals surface area contributed by atoms with E-state index in [9.17, 15) is 12.8 Å². The van der Waals surface area contributed by atoms with Gasteiger partial charge in [0, 0.05) is 27.2 Å². The molecule has 0 bridgehead atoms. The van der Waals surface area contributed by atoms with Gasteiger partial charge in [0.25, 0.3) is 0 Å². The lowest BCUT2D eigenvalue weighted by molar-refractivity contribution is 0.122. The highest BCUT2D eigenvalue weighted by atomic mass is 32.2. The van der Waals surface area contributed by atoms with Gasteiger partial charge >= 0.3 is 0 Å². The maximum Gasteiger partial charge on any atom is 0.244 e. The van der Waals surface area contributed by atoms with Gasteiger partial charge in [0.1, 0.15) is 16.5 Å². The molecule has 158 valence electrons. The van der Waals surface area contributed by atoms with E-state index in [-0.39, 0.29) is 23.0 Å². The van der Waals surface area contributed by atoms with E-state index >= 15 is 0 Å². The van der Waals surface area contributed by atoms with Gasteiger partial charge in [-0.15, -0.1) is 0 Å². The lowest BCUT2D eigenvalue weighted by Gasteiger charge is -2.27. The summed E-state index contributed by atoms with van der Waals surface area (Å²) in [6.45, 7) is 2.18. The number of rotatable bonds is 7. The molecule has 1 saturated heterocycles. The number of hydrogen-bond donors (Lipinski definition) is 1. The zero-order chi connectivity index (χ0) is 21.0. The standard InChI is InChI=1S/C17H23FN6O4S/c1-23(2)16-20-15(21-17(22-16)24-6-8-28-9-7-24)11-19-29(25,26)14-10-12(18)4-5-13(14)27-3/h4-5,10,19H,6-9,11H2,1-3H3. The first kappa shape index (κ1) is 21.1. The summed E-state index contributed by atoms with van der Waals surface area (Å²) >= 11 is 0. The van der Waals surface area contributed by atoms with Gasteiger partial charge in [0.15, 0.2) is 5.82 Å². The molecule has 2 aromatic rings. The summed E-state index contributed by atoms with van der Waals surface area (Å²) in [5, 5.41) is 0. The second-order valence-corrected chi connectivity index (χ2v) is 8.20. The number of anilines is 2. The van der Waals surface area contributed by atoms with Crippen molar-refractivity contribution in [2.45, 2.75) is 11.4 Å². The quantitative estimate of drug-likeness (QED) is 0.673. The summed E-state index contributed by atoms with van der Waals surface area (Å²) in [5.41, 5.74) is 0. The van der Waals surface area contributed by atoms with Gasteiger partial charge in [-0.3, -0.25) is 0 Å². The molecule has 1 N–H and O–H groups in total. The van der Waals surface area contributed by atoms with E-state index < -0.39 is 15.8 Å². The summed E-state index contributed by atoms with van der Waals surface area (Å²) in [6, 6.07) is 3.29. The third-order valence-electron chi connectivity index (χ3n) is 4.19. The number of halogens is 1. The minimum absolute atomic E-state index is 0.0394. The van der Waals surface area contributed by atoms with E-state index in [1.165, 1.54) is 13.2 Å². The number of methoxy groups -OCH3 is 1. The van der Waals surface area contributed by atoms with Gasteiger partial charge in [0.05, 0.1) is 26.9 Å². The van der Waals surface area contributed by atoms with Crippen LogP contribution in [0.25, 0.3) is 0 Å². The number of sulfonamides is 1. The molecule has 1 aromatic carbocycles. The fourth-order valence-electron chi connectivity index (χ4n) is 2.68. The molecule has 1 aromatic heterocycles. The van der Waals surface area contributed by atoms with Gasteiger partial charge in [-0.25, -0.2) is 17.5 Å². The number of morpholine rings is 1. The van der Waals surface area contributed by atoms with Gasteiger partial charge in [-0.2, -0.15) is 15.0 Å². The van der Waals surface area contributed by atoms with E-state index in [1.807, 2.05) is 4.90 Å². The monoisotopic (exact) mass is 426 g/mol. The smallest absolute Gasteiger partial charge is 0.244 e. The van der Waals surface area contributed by atoms with E-state index in [1.54, 1.807) is 19.0 Å². The molecule has 29 heavy (non-hydrogen) atoms. The Morgan fingerprint density at radius 2 is 1.97 bits per heavy atom. The SMILES string of the molecule is COc1ccc(F)cc1S(=O)(=O)NCc1nc(N(C)C)nc(N2CCOCC2)n1. The molecule has 0 unspecified atom stereocenters. The molecule has 3 rings (SSSR count).